The number of hydrogen-bond donors (Lipinski definition) is 5. The summed E-state index contributed by atoms with van der Waals surface area (Å²) in [7, 11) is 0. The molecule has 3 amide bonds. The van der Waals surface area contributed by atoms with Gasteiger partial charge in [0, 0.05) is 6.42 Å². The van der Waals surface area contributed by atoms with Crippen LogP contribution in [0.2, 0.25) is 0 Å². The SMILES string of the molecule is NC(=O)[C@H](Cc1ccccc1)NC(=O)[C@H](CC(=O)O)NC(=O)[C@@H](N)Cc1ccc2ccccc2c1. The summed E-state index contributed by atoms with van der Waals surface area (Å²) in [4.78, 5) is 48.8. The Morgan fingerprint density at radius 1 is 0.743 bits per heavy atom. The zero-order valence-corrected chi connectivity index (χ0v) is 19.0. The second-order valence-corrected chi connectivity index (χ2v) is 8.30. The summed E-state index contributed by atoms with van der Waals surface area (Å²) in [5.74, 6) is -3.60. The van der Waals surface area contributed by atoms with Gasteiger partial charge >= 0.3 is 5.97 Å². The lowest BCUT2D eigenvalue weighted by atomic mass is 10.0. The molecule has 0 radical (unpaired) electrons. The molecule has 35 heavy (non-hydrogen) atoms. The second kappa shape index (κ2) is 11.8. The van der Waals surface area contributed by atoms with E-state index in [4.69, 9.17) is 11.5 Å². The van der Waals surface area contributed by atoms with E-state index in [2.05, 4.69) is 10.6 Å². The van der Waals surface area contributed by atoms with Gasteiger partial charge in [0.2, 0.25) is 17.7 Å². The third-order valence-corrected chi connectivity index (χ3v) is 5.56. The van der Waals surface area contributed by atoms with Gasteiger partial charge in [-0.05, 0) is 28.3 Å². The summed E-state index contributed by atoms with van der Waals surface area (Å²) in [6, 6.07) is 18.8. The molecule has 0 saturated heterocycles. The predicted molar refractivity (Wildman–Crippen MR) is 131 cm³/mol. The molecular formula is C26H28N4O5. The molecule has 3 rings (SSSR count). The molecule has 0 aromatic heterocycles. The number of hydrogen-bond acceptors (Lipinski definition) is 5. The standard InChI is InChI=1S/C26H28N4O5/c27-20(13-17-10-11-18-8-4-5-9-19(18)12-17)25(34)30-22(15-23(31)32)26(35)29-21(24(28)33)14-16-6-2-1-3-7-16/h1-12,20-22H,13-15,27H2,(H2,28,33)(H,29,35)(H,30,34)(H,31,32)/t20-,21-,22-/m0/s1. The maximum absolute atomic E-state index is 12.8. The van der Waals surface area contributed by atoms with E-state index in [1.54, 1.807) is 30.3 Å². The van der Waals surface area contributed by atoms with Gasteiger partial charge in [-0.3, -0.25) is 19.2 Å². The summed E-state index contributed by atoms with van der Waals surface area (Å²) in [5, 5.41) is 16.1. The number of benzene rings is 3. The molecule has 0 aliphatic rings. The molecule has 3 atom stereocenters. The van der Waals surface area contributed by atoms with E-state index in [0.29, 0.717) is 0 Å². The predicted octanol–water partition coefficient (Wildman–Crippen LogP) is 0.882. The van der Waals surface area contributed by atoms with Crippen molar-refractivity contribution in [2.45, 2.75) is 37.4 Å². The smallest absolute Gasteiger partial charge is 0.305 e. The van der Waals surface area contributed by atoms with E-state index in [9.17, 15) is 24.3 Å². The molecule has 9 heteroatoms. The molecule has 0 fully saturated rings. The first-order valence-electron chi connectivity index (χ1n) is 11.1. The lowest BCUT2D eigenvalue weighted by Crippen LogP contribution is -2.56. The molecule has 0 spiro atoms. The fraction of sp³-hybridized carbons (Fsp3) is 0.231. The fourth-order valence-electron chi connectivity index (χ4n) is 3.72. The minimum atomic E-state index is -1.43. The van der Waals surface area contributed by atoms with E-state index in [1.807, 2.05) is 42.5 Å². The maximum atomic E-state index is 12.8. The van der Waals surface area contributed by atoms with Crippen molar-refractivity contribution in [3.63, 3.8) is 0 Å². The van der Waals surface area contributed by atoms with Crippen molar-refractivity contribution in [2.24, 2.45) is 11.5 Å². The molecule has 9 nitrogen and oxygen atoms in total. The van der Waals surface area contributed by atoms with Crippen molar-refractivity contribution in [2.75, 3.05) is 0 Å². The van der Waals surface area contributed by atoms with Crippen LogP contribution in [0.5, 0.6) is 0 Å². The van der Waals surface area contributed by atoms with E-state index < -0.39 is 48.2 Å². The Bertz CT molecular complexity index is 1210. The Hall–Kier alpha value is -4.24. The van der Waals surface area contributed by atoms with Crippen LogP contribution in [0.3, 0.4) is 0 Å². The molecule has 0 aliphatic carbocycles. The molecule has 7 N–H and O–H groups in total. The average Bonchev–Trinajstić information content (AvgIpc) is 2.83. The van der Waals surface area contributed by atoms with Crippen LogP contribution in [0.4, 0.5) is 0 Å². The van der Waals surface area contributed by atoms with Gasteiger partial charge in [-0.1, -0.05) is 72.8 Å². The Kier molecular flexibility index (Phi) is 8.53. The Morgan fingerprint density at radius 2 is 1.37 bits per heavy atom. The molecule has 0 unspecified atom stereocenters. The molecule has 0 bridgehead atoms. The summed E-state index contributed by atoms with van der Waals surface area (Å²) in [6.07, 6.45) is -0.371. The third-order valence-electron chi connectivity index (χ3n) is 5.56. The number of carbonyl (C=O) groups excluding carboxylic acids is 3. The average molecular weight is 477 g/mol. The molecule has 0 aliphatic heterocycles. The normalized spacial score (nSPS) is 13.4. The number of carbonyl (C=O) groups is 4. The quantitative estimate of drug-likeness (QED) is 0.276. The number of rotatable bonds is 11. The number of carboxylic acid groups (broad SMARTS) is 1. The van der Waals surface area contributed by atoms with Crippen molar-refractivity contribution in [3.05, 3.63) is 83.9 Å². The molecular weight excluding hydrogens is 448 g/mol. The van der Waals surface area contributed by atoms with Crippen LogP contribution >= 0.6 is 0 Å². The molecule has 3 aromatic rings. The highest BCUT2D eigenvalue weighted by Crippen LogP contribution is 2.16. The number of nitrogens with two attached hydrogens (primary N) is 2. The van der Waals surface area contributed by atoms with Crippen LogP contribution in [0.1, 0.15) is 17.5 Å². The zero-order valence-electron chi connectivity index (χ0n) is 19.0. The number of primary amides is 1. The minimum absolute atomic E-state index is 0.122. The third kappa shape index (κ3) is 7.38. The van der Waals surface area contributed by atoms with Gasteiger partial charge in [-0.2, -0.15) is 0 Å². The molecule has 3 aromatic carbocycles. The van der Waals surface area contributed by atoms with E-state index in [0.717, 1.165) is 21.9 Å². The van der Waals surface area contributed by atoms with Gasteiger partial charge in [0.25, 0.3) is 0 Å². The van der Waals surface area contributed by atoms with E-state index >= 15 is 0 Å². The van der Waals surface area contributed by atoms with E-state index in [-0.39, 0.29) is 12.8 Å². The van der Waals surface area contributed by atoms with Crippen LogP contribution < -0.4 is 22.1 Å². The number of aliphatic carboxylic acids is 1. The lowest BCUT2D eigenvalue weighted by Gasteiger charge is -2.22. The van der Waals surface area contributed by atoms with Crippen LogP contribution in [0.25, 0.3) is 10.8 Å². The molecule has 0 saturated carbocycles. The summed E-state index contributed by atoms with van der Waals surface area (Å²) < 4.78 is 0. The second-order valence-electron chi connectivity index (χ2n) is 8.30. The van der Waals surface area contributed by atoms with E-state index in [1.165, 1.54) is 0 Å². The van der Waals surface area contributed by atoms with Crippen LogP contribution in [0.15, 0.2) is 72.8 Å². The van der Waals surface area contributed by atoms with Gasteiger partial charge in [-0.15, -0.1) is 0 Å². The molecule has 0 heterocycles. The maximum Gasteiger partial charge on any atom is 0.305 e. The van der Waals surface area contributed by atoms with Crippen molar-refractivity contribution in [3.8, 4) is 0 Å². The van der Waals surface area contributed by atoms with Crippen molar-refractivity contribution < 1.29 is 24.3 Å². The highest BCUT2D eigenvalue weighted by Gasteiger charge is 2.29. The fourth-order valence-corrected chi connectivity index (χ4v) is 3.72. The number of carboxylic acids is 1. The van der Waals surface area contributed by atoms with Crippen molar-refractivity contribution in [1.29, 1.82) is 0 Å². The number of amides is 3. The topological polar surface area (TPSA) is 165 Å². The zero-order chi connectivity index (χ0) is 25.4. The first-order valence-corrected chi connectivity index (χ1v) is 11.1. The minimum Gasteiger partial charge on any atom is -0.481 e. The Balaban J connectivity index is 1.66. The summed E-state index contributed by atoms with van der Waals surface area (Å²) in [6.45, 7) is 0. The first kappa shape index (κ1) is 25.4. The largest absolute Gasteiger partial charge is 0.481 e. The number of nitrogens with one attached hydrogen (secondary N) is 2. The first-order chi connectivity index (χ1) is 16.7. The van der Waals surface area contributed by atoms with Gasteiger partial charge in [0.1, 0.15) is 12.1 Å². The highest BCUT2D eigenvalue weighted by molar-refractivity contribution is 5.94. The van der Waals surface area contributed by atoms with Crippen LogP contribution in [-0.4, -0.2) is 46.9 Å². The number of fused-ring (bicyclic) bond motifs is 1. The van der Waals surface area contributed by atoms with Gasteiger partial charge in [-0.25, -0.2) is 0 Å². The van der Waals surface area contributed by atoms with Gasteiger partial charge in [0.05, 0.1) is 12.5 Å². The Labute approximate surface area is 202 Å². The van der Waals surface area contributed by atoms with Crippen LogP contribution in [0, 0.1) is 0 Å². The Morgan fingerprint density at radius 3 is 2.03 bits per heavy atom. The van der Waals surface area contributed by atoms with Crippen LogP contribution in [-0.2, 0) is 32.0 Å². The van der Waals surface area contributed by atoms with Gasteiger partial charge in [0.15, 0.2) is 0 Å². The summed E-state index contributed by atoms with van der Waals surface area (Å²) in [5.41, 5.74) is 13.1. The summed E-state index contributed by atoms with van der Waals surface area (Å²) >= 11 is 0. The van der Waals surface area contributed by atoms with Crippen molar-refractivity contribution in [1.82, 2.24) is 10.6 Å². The lowest BCUT2D eigenvalue weighted by molar-refractivity contribution is -0.141. The molecule has 182 valence electrons. The highest BCUT2D eigenvalue weighted by atomic mass is 16.4. The van der Waals surface area contributed by atoms with Crippen molar-refractivity contribution >= 4 is 34.5 Å². The van der Waals surface area contributed by atoms with Gasteiger partial charge < -0.3 is 27.2 Å². The monoisotopic (exact) mass is 476 g/mol.